The van der Waals surface area contributed by atoms with Crippen molar-refractivity contribution in [3.05, 3.63) is 53.3 Å². The van der Waals surface area contributed by atoms with Crippen LogP contribution in [0, 0.1) is 6.92 Å². The van der Waals surface area contributed by atoms with Crippen LogP contribution in [0.25, 0.3) is 0 Å². The Labute approximate surface area is 135 Å². The molecule has 0 bridgehead atoms. The van der Waals surface area contributed by atoms with Crippen LogP contribution in [0.3, 0.4) is 0 Å². The average molecular weight is 334 g/mol. The Balaban J connectivity index is 2.34. The van der Waals surface area contributed by atoms with Crippen LogP contribution >= 0.6 is 0 Å². The van der Waals surface area contributed by atoms with Crippen LogP contribution < -0.4 is 4.72 Å². The van der Waals surface area contributed by atoms with Crippen LogP contribution in [0.1, 0.15) is 41.4 Å². The zero-order chi connectivity index (χ0) is 17.2. The molecule has 1 heterocycles. The summed E-state index contributed by atoms with van der Waals surface area (Å²) >= 11 is 0. The molecule has 23 heavy (non-hydrogen) atoms. The van der Waals surface area contributed by atoms with Crippen molar-refractivity contribution in [1.82, 2.24) is 4.98 Å². The lowest BCUT2D eigenvalue weighted by atomic mass is 10.0. The van der Waals surface area contributed by atoms with Crippen molar-refractivity contribution in [2.24, 2.45) is 0 Å². The molecule has 0 aliphatic heterocycles. The maximum atomic E-state index is 12.4. The Morgan fingerprint density at radius 1 is 1.22 bits per heavy atom. The van der Waals surface area contributed by atoms with E-state index in [0.717, 1.165) is 5.56 Å². The highest BCUT2D eigenvalue weighted by Gasteiger charge is 2.17. The van der Waals surface area contributed by atoms with Crippen molar-refractivity contribution in [2.75, 3.05) is 4.72 Å². The third-order valence-electron chi connectivity index (χ3n) is 3.44. The van der Waals surface area contributed by atoms with Crippen molar-refractivity contribution >= 4 is 21.7 Å². The summed E-state index contributed by atoms with van der Waals surface area (Å²) in [4.78, 5) is 15.0. The lowest BCUT2D eigenvalue weighted by Crippen LogP contribution is -2.15. The molecule has 0 unspecified atom stereocenters. The van der Waals surface area contributed by atoms with E-state index in [2.05, 4.69) is 9.71 Å². The summed E-state index contributed by atoms with van der Waals surface area (Å²) in [5.74, 6) is -0.863. The van der Waals surface area contributed by atoms with Gasteiger partial charge in [0, 0.05) is 6.20 Å². The third-order valence-corrected chi connectivity index (χ3v) is 4.82. The number of hydrogen-bond donors (Lipinski definition) is 2. The zero-order valence-corrected chi connectivity index (χ0v) is 13.9. The van der Waals surface area contributed by atoms with Gasteiger partial charge in [0.1, 0.15) is 0 Å². The highest BCUT2D eigenvalue weighted by Crippen LogP contribution is 2.21. The number of carboxylic acids is 1. The summed E-state index contributed by atoms with van der Waals surface area (Å²) in [6.07, 6.45) is 1.19. The summed E-state index contributed by atoms with van der Waals surface area (Å²) in [7, 11) is -3.80. The van der Waals surface area contributed by atoms with Crippen LogP contribution in [0.5, 0.6) is 0 Å². The number of aromatic carboxylic acids is 1. The second-order valence-corrected chi connectivity index (χ2v) is 7.17. The fourth-order valence-corrected chi connectivity index (χ4v) is 3.10. The first-order valence-electron chi connectivity index (χ1n) is 7.03. The molecular weight excluding hydrogens is 316 g/mol. The van der Waals surface area contributed by atoms with E-state index in [1.54, 1.807) is 19.1 Å². The van der Waals surface area contributed by atoms with E-state index in [1.165, 1.54) is 24.4 Å². The molecule has 0 radical (unpaired) electrons. The van der Waals surface area contributed by atoms with Crippen molar-refractivity contribution < 1.29 is 18.3 Å². The number of aromatic nitrogens is 1. The van der Waals surface area contributed by atoms with Gasteiger partial charge in [-0.25, -0.2) is 13.2 Å². The van der Waals surface area contributed by atoms with Crippen LogP contribution in [-0.4, -0.2) is 24.5 Å². The average Bonchev–Trinajstić information content (AvgIpc) is 2.49. The Morgan fingerprint density at radius 3 is 2.35 bits per heavy atom. The molecule has 0 atom stereocenters. The Kier molecular flexibility index (Phi) is 4.70. The molecule has 0 fully saturated rings. The number of carboxylic acid groups (broad SMARTS) is 1. The smallest absolute Gasteiger partial charge is 0.337 e. The van der Waals surface area contributed by atoms with Gasteiger partial charge in [0.2, 0.25) is 0 Å². The minimum Gasteiger partial charge on any atom is -0.478 e. The summed E-state index contributed by atoms with van der Waals surface area (Å²) in [6, 6.07) is 7.84. The van der Waals surface area contributed by atoms with Gasteiger partial charge in [0.15, 0.2) is 0 Å². The maximum Gasteiger partial charge on any atom is 0.337 e. The van der Waals surface area contributed by atoms with E-state index in [0.29, 0.717) is 11.6 Å². The number of aryl methyl sites for hydroxylation is 1. The Morgan fingerprint density at radius 2 is 1.83 bits per heavy atom. The first kappa shape index (κ1) is 17.0. The molecule has 1 aromatic carbocycles. The predicted molar refractivity (Wildman–Crippen MR) is 87.3 cm³/mol. The minimum atomic E-state index is -3.80. The number of nitrogens with one attached hydrogen (secondary N) is 1. The molecule has 0 aliphatic rings. The molecule has 0 saturated heterocycles. The lowest BCUT2D eigenvalue weighted by molar-refractivity contribution is 0.0696. The highest BCUT2D eigenvalue weighted by atomic mass is 32.2. The largest absolute Gasteiger partial charge is 0.478 e. The van der Waals surface area contributed by atoms with Crippen LogP contribution in [0.15, 0.2) is 41.4 Å². The fourth-order valence-electron chi connectivity index (χ4n) is 1.99. The highest BCUT2D eigenvalue weighted by molar-refractivity contribution is 7.92. The van der Waals surface area contributed by atoms with E-state index in [4.69, 9.17) is 5.11 Å². The molecule has 2 N–H and O–H groups in total. The van der Waals surface area contributed by atoms with E-state index < -0.39 is 16.0 Å². The Hall–Kier alpha value is -2.41. The fraction of sp³-hybridized carbons (Fsp3) is 0.250. The molecule has 7 heteroatoms. The van der Waals surface area contributed by atoms with Crippen molar-refractivity contribution in [2.45, 2.75) is 31.6 Å². The van der Waals surface area contributed by atoms with Gasteiger partial charge in [-0.2, -0.15) is 0 Å². The second-order valence-electron chi connectivity index (χ2n) is 5.49. The van der Waals surface area contributed by atoms with Gasteiger partial charge in [-0.1, -0.05) is 26.0 Å². The first-order chi connectivity index (χ1) is 10.7. The summed E-state index contributed by atoms with van der Waals surface area (Å²) in [5.41, 5.74) is 1.51. The van der Waals surface area contributed by atoms with Crippen LogP contribution in [-0.2, 0) is 10.0 Å². The minimum absolute atomic E-state index is 0.0801. The van der Waals surface area contributed by atoms with Crippen molar-refractivity contribution in [1.29, 1.82) is 0 Å². The number of sulfonamides is 1. The molecule has 2 rings (SSSR count). The van der Waals surface area contributed by atoms with Gasteiger partial charge in [0.25, 0.3) is 10.0 Å². The Bertz CT molecular complexity index is 828. The van der Waals surface area contributed by atoms with Gasteiger partial charge < -0.3 is 5.11 Å². The molecule has 122 valence electrons. The van der Waals surface area contributed by atoms with E-state index in [-0.39, 0.29) is 16.1 Å². The van der Waals surface area contributed by atoms with Crippen LogP contribution in [0.2, 0.25) is 0 Å². The molecule has 0 aliphatic carbocycles. The van der Waals surface area contributed by atoms with Crippen molar-refractivity contribution in [3.8, 4) is 0 Å². The van der Waals surface area contributed by atoms with Gasteiger partial charge in [-0.3, -0.25) is 9.71 Å². The van der Waals surface area contributed by atoms with Gasteiger partial charge >= 0.3 is 5.97 Å². The molecular formula is C16H18N2O4S. The monoisotopic (exact) mass is 334 g/mol. The summed E-state index contributed by atoms with van der Waals surface area (Å²) < 4.78 is 27.3. The normalized spacial score (nSPS) is 11.5. The summed E-state index contributed by atoms with van der Waals surface area (Å²) in [6.45, 7) is 5.65. The van der Waals surface area contributed by atoms with Crippen molar-refractivity contribution in [3.63, 3.8) is 0 Å². The summed E-state index contributed by atoms with van der Waals surface area (Å²) in [5, 5.41) is 8.98. The van der Waals surface area contributed by atoms with E-state index >= 15 is 0 Å². The second kappa shape index (κ2) is 6.37. The molecule has 0 spiro atoms. The maximum absolute atomic E-state index is 12.4. The molecule has 2 aromatic rings. The van der Waals surface area contributed by atoms with Gasteiger partial charge in [-0.15, -0.1) is 0 Å². The predicted octanol–water partition coefficient (Wildman–Crippen LogP) is 3.01. The standard InChI is InChI=1S/C16H18N2O4S/c1-10(2)12-4-6-14(7-5-12)23(21,22)18-15-8-13(16(19)20)9-17-11(15)3/h4-10,18H,1-3H3,(H,19,20). The number of nitrogens with zero attached hydrogens (tertiary/aromatic N) is 1. The van der Waals surface area contributed by atoms with Gasteiger partial charge in [0.05, 0.1) is 21.8 Å². The molecule has 0 saturated carbocycles. The number of benzene rings is 1. The number of carbonyl (C=O) groups is 1. The number of hydrogen-bond acceptors (Lipinski definition) is 4. The third kappa shape index (κ3) is 3.87. The zero-order valence-electron chi connectivity index (χ0n) is 13.1. The molecule has 0 amide bonds. The van der Waals surface area contributed by atoms with Crippen LogP contribution in [0.4, 0.5) is 5.69 Å². The number of anilines is 1. The quantitative estimate of drug-likeness (QED) is 0.876. The molecule has 6 nitrogen and oxygen atoms in total. The number of rotatable bonds is 5. The van der Waals surface area contributed by atoms with E-state index in [1.807, 2.05) is 13.8 Å². The molecule has 1 aromatic heterocycles. The SMILES string of the molecule is Cc1ncc(C(=O)O)cc1NS(=O)(=O)c1ccc(C(C)C)cc1. The number of pyridine rings is 1. The van der Waals surface area contributed by atoms with Gasteiger partial charge in [-0.05, 0) is 36.6 Å². The first-order valence-corrected chi connectivity index (χ1v) is 8.52. The lowest BCUT2D eigenvalue weighted by Gasteiger charge is -2.12. The van der Waals surface area contributed by atoms with E-state index in [9.17, 15) is 13.2 Å². The topological polar surface area (TPSA) is 96.4 Å².